The molecule has 2 aromatic rings. The second-order valence-electron chi connectivity index (χ2n) is 4.12. The molecule has 0 radical (unpaired) electrons. The van der Waals surface area contributed by atoms with Gasteiger partial charge in [-0.15, -0.1) is 0 Å². The highest BCUT2D eigenvalue weighted by molar-refractivity contribution is 6.37. The van der Waals surface area contributed by atoms with Crippen LogP contribution in [0, 0.1) is 5.82 Å². The molecule has 6 heteroatoms. The van der Waals surface area contributed by atoms with E-state index in [9.17, 15) is 4.39 Å². The van der Waals surface area contributed by atoms with Crippen molar-refractivity contribution in [3.63, 3.8) is 0 Å². The number of halogens is 3. The highest BCUT2D eigenvalue weighted by atomic mass is 35.5. The molecule has 0 bridgehead atoms. The number of anilines is 1. The monoisotopic (exact) mass is 326 g/mol. The van der Waals surface area contributed by atoms with Crippen LogP contribution in [-0.4, -0.2) is 12.8 Å². The Morgan fingerprint density at radius 1 is 1.19 bits per heavy atom. The lowest BCUT2D eigenvalue weighted by atomic mass is 10.2. The van der Waals surface area contributed by atoms with Crippen molar-refractivity contribution in [2.75, 3.05) is 12.0 Å². The summed E-state index contributed by atoms with van der Waals surface area (Å²) in [5.74, 6) is 0.166. The summed E-state index contributed by atoms with van der Waals surface area (Å²) in [4.78, 5) is 0. The second kappa shape index (κ2) is 7.29. The maximum Gasteiger partial charge on any atom is 0.156 e. The SMILES string of the molecule is CCOc1c(Cl)cc(/C=N/Nc2ccc(F)cc2)cc1Cl. The van der Waals surface area contributed by atoms with Crippen LogP contribution in [0.2, 0.25) is 10.0 Å². The molecule has 2 aromatic carbocycles. The lowest BCUT2D eigenvalue weighted by molar-refractivity contribution is 0.340. The van der Waals surface area contributed by atoms with Crippen LogP contribution in [0.3, 0.4) is 0 Å². The van der Waals surface area contributed by atoms with Crippen molar-refractivity contribution in [1.82, 2.24) is 0 Å². The van der Waals surface area contributed by atoms with E-state index in [4.69, 9.17) is 27.9 Å². The van der Waals surface area contributed by atoms with E-state index < -0.39 is 0 Å². The molecule has 1 N–H and O–H groups in total. The number of nitrogens with one attached hydrogen (secondary N) is 1. The van der Waals surface area contributed by atoms with Gasteiger partial charge in [-0.1, -0.05) is 23.2 Å². The summed E-state index contributed by atoms with van der Waals surface area (Å²) in [6.07, 6.45) is 1.57. The van der Waals surface area contributed by atoms with Crippen molar-refractivity contribution in [3.05, 3.63) is 57.8 Å². The van der Waals surface area contributed by atoms with Gasteiger partial charge in [-0.05, 0) is 48.9 Å². The third-order valence-electron chi connectivity index (χ3n) is 2.56. The van der Waals surface area contributed by atoms with Crippen LogP contribution in [-0.2, 0) is 0 Å². The lowest BCUT2D eigenvalue weighted by Crippen LogP contribution is -1.95. The average Bonchev–Trinajstić information content (AvgIpc) is 2.45. The first-order chi connectivity index (χ1) is 10.1. The zero-order chi connectivity index (χ0) is 15.2. The Hall–Kier alpha value is -1.78. The third-order valence-corrected chi connectivity index (χ3v) is 3.12. The summed E-state index contributed by atoms with van der Waals surface area (Å²) in [5, 5.41) is 4.89. The summed E-state index contributed by atoms with van der Waals surface area (Å²) in [6, 6.07) is 9.28. The number of hydrogen-bond acceptors (Lipinski definition) is 3. The van der Waals surface area contributed by atoms with Gasteiger partial charge in [0.25, 0.3) is 0 Å². The van der Waals surface area contributed by atoms with E-state index in [1.165, 1.54) is 12.1 Å². The van der Waals surface area contributed by atoms with E-state index in [1.807, 2.05) is 6.92 Å². The maximum absolute atomic E-state index is 12.8. The Labute approximate surface area is 132 Å². The second-order valence-corrected chi connectivity index (χ2v) is 4.94. The van der Waals surface area contributed by atoms with Crippen molar-refractivity contribution >= 4 is 35.1 Å². The van der Waals surface area contributed by atoms with Gasteiger partial charge >= 0.3 is 0 Å². The largest absolute Gasteiger partial charge is 0.491 e. The zero-order valence-electron chi connectivity index (χ0n) is 11.2. The van der Waals surface area contributed by atoms with Crippen LogP contribution < -0.4 is 10.2 Å². The van der Waals surface area contributed by atoms with E-state index in [0.717, 1.165) is 5.56 Å². The van der Waals surface area contributed by atoms with Gasteiger partial charge in [0.2, 0.25) is 0 Å². The molecule has 21 heavy (non-hydrogen) atoms. The molecule has 0 saturated heterocycles. The molecule has 0 atom stereocenters. The molecule has 0 aliphatic heterocycles. The topological polar surface area (TPSA) is 33.6 Å². The van der Waals surface area contributed by atoms with E-state index in [-0.39, 0.29) is 5.82 Å². The molecule has 0 spiro atoms. The third kappa shape index (κ3) is 4.34. The molecule has 0 saturated carbocycles. The van der Waals surface area contributed by atoms with E-state index >= 15 is 0 Å². The fraction of sp³-hybridized carbons (Fsp3) is 0.133. The maximum atomic E-state index is 12.8. The van der Waals surface area contributed by atoms with Crippen LogP contribution in [0.5, 0.6) is 5.75 Å². The molecule has 0 heterocycles. The van der Waals surface area contributed by atoms with E-state index in [2.05, 4.69) is 10.5 Å². The number of ether oxygens (including phenoxy) is 1. The van der Waals surface area contributed by atoms with Crippen molar-refractivity contribution in [3.8, 4) is 5.75 Å². The fourth-order valence-corrected chi connectivity index (χ4v) is 2.26. The normalized spacial score (nSPS) is 10.9. The summed E-state index contributed by atoms with van der Waals surface area (Å²) in [7, 11) is 0. The van der Waals surface area contributed by atoms with E-state index in [0.29, 0.717) is 28.1 Å². The zero-order valence-corrected chi connectivity index (χ0v) is 12.7. The molecule has 110 valence electrons. The molecule has 0 fully saturated rings. The number of hydrazone groups is 1. The predicted octanol–water partition coefficient (Wildman–Crippen LogP) is 4.98. The van der Waals surface area contributed by atoms with Gasteiger partial charge in [0.05, 0.1) is 28.6 Å². The van der Waals surface area contributed by atoms with Crippen LogP contribution >= 0.6 is 23.2 Å². The van der Waals surface area contributed by atoms with Gasteiger partial charge in [-0.3, -0.25) is 5.43 Å². The Balaban J connectivity index is 2.09. The van der Waals surface area contributed by atoms with Crippen LogP contribution in [0.15, 0.2) is 41.5 Å². The molecule has 0 aliphatic rings. The molecule has 0 amide bonds. The summed E-state index contributed by atoms with van der Waals surface area (Å²) in [6.45, 7) is 2.34. The molecular formula is C15H13Cl2FN2O. The minimum Gasteiger partial charge on any atom is -0.491 e. The van der Waals surface area contributed by atoms with Crippen molar-refractivity contribution in [1.29, 1.82) is 0 Å². The Morgan fingerprint density at radius 3 is 2.38 bits per heavy atom. The number of nitrogens with zero attached hydrogens (tertiary/aromatic N) is 1. The minimum absolute atomic E-state index is 0.297. The predicted molar refractivity (Wildman–Crippen MR) is 85.2 cm³/mol. The van der Waals surface area contributed by atoms with Gasteiger partial charge in [0.1, 0.15) is 5.82 Å². The van der Waals surface area contributed by atoms with Gasteiger partial charge < -0.3 is 4.74 Å². The molecule has 0 unspecified atom stereocenters. The average molecular weight is 327 g/mol. The molecule has 0 aromatic heterocycles. The smallest absolute Gasteiger partial charge is 0.156 e. The highest BCUT2D eigenvalue weighted by Crippen LogP contribution is 2.33. The Bertz CT molecular complexity index is 622. The highest BCUT2D eigenvalue weighted by Gasteiger charge is 2.08. The van der Waals surface area contributed by atoms with Crippen LogP contribution in [0.25, 0.3) is 0 Å². The standard InChI is InChI=1S/C15H13Cl2FN2O/c1-2-21-15-13(16)7-10(8-14(15)17)9-19-20-12-5-3-11(18)4-6-12/h3-9,20H,2H2,1H3/b19-9+. The van der Waals surface area contributed by atoms with Crippen molar-refractivity contribution in [2.24, 2.45) is 5.10 Å². The van der Waals surface area contributed by atoms with Gasteiger partial charge in [-0.2, -0.15) is 5.10 Å². The first kappa shape index (κ1) is 15.6. The Morgan fingerprint density at radius 2 is 1.81 bits per heavy atom. The number of benzene rings is 2. The van der Waals surface area contributed by atoms with Crippen molar-refractivity contribution in [2.45, 2.75) is 6.92 Å². The minimum atomic E-state index is -0.297. The number of rotatable bonds is 5. The van der Waals surface area contributed by atoms with Gasteiger partial charge in [0.15, 0.2) is 5.75 Å². The van der Waals surface area contributed by atoms with Crippen LogP contribution in [0.1, 0.15) is 12.5 Å². The first-order valence-electron chi connectivity index (χ1n) is 6.26. The van der Waals surface area contributed by atoms with Crippen molar-refractivity contribution < 1.29 is 9.13 Å². The molecule has 3 nitrogen and oxygen atoms in total. The summed E-state index contributed by atoms with van der Waals surface area (Å²) in [5.41, 5.74) is 4.19. The lowest BCUT2D eigenvalue weighted by Gasteiger charge is -2.08. The molecule has 2 rings (SSSR count). The first-order valence-corrected chi connectivity index (χ1v) is 7.02. The quantitative estimate of drug-likeness (QED) is 0.621. The molecule has 0 aliphatic carbocycles. The summed E-state index contributed by atoms with van der Waals surface area (Å²) >= 11 is 12.2. The number of hydrogen-bond donors (Lipinski definition) is 1. The van der Waals surface area contributed by atoms with Gasteiger partial charge in [0, 0.05) is 0 Å². The van der Waals surface area contributed by atoms with Crippen LogP contribution in [0.4, 0.5) is 10.1 Å². The fourth-order valence-electron chi connectivity index (χ4n) is 1.64. The van der Waals surface area contributed by atoms with E-state index in [1.54, 1.807) is 30.5 Å². The molecular weight excluding hydrogens is 314 g/mol. The summed E-state index contributed by atoms with van der Waals surface area (Å²) < 4.78 is 18.1. The van der Waals surface area contributed by atoms with Gasteiger partial charge in [-0.25, -0.2) is 4.39 Å². The Kier molecular flexibility index (Phi) is 5.42.